The molecule has 6 rings (SSSR count). The van der Waals surface area contributed by atoms with E-state index in [-0.39, 0.29) is 12.2 Å². The first-order chi connectivity index (χ1) is 19.2. The number of halogens is 1. The van der Waals surface area contributed by atoms with Gasteiger partial charge in [0.1, 0.15) is 18.2 Å². The van der Waals surface area contributed by atoms with Crippen molar-refractivity contribution in [2.24, 2.45) is 0 Å². The summed E-state index contributed by atoms with van der Waals surface area (Å²) in [5.74, 6) is 0.784. The van der Waals surface area contributed by atoms with Crippen molar-refractivity contribution >= 4 is 32.8 Å². The van der Waals surface area contributed by atoms with Gasteiger partial charge in [0.25, 0.3) is 0 Å². The molecule has 5 heterocycles. The van der Waals surface area contributed by atoms with Gasteiger partial charge in [-0.1, -0.05) is 28.1 Å². The van der Waals surface area contributed by atoms with Crippen molar-refractivity contribution in [1.82, 2.24) is 30.6 Å². The van der Waals surface area contributed by atoms with Gasteiger partial charge in [-0.2, -0.15) is 0 Å². The SMILES string of the molecule is Brc1cccc(-c2cc(-c3ccc(C4CNCCO4)nc3)nc3ncnc(NCCCC4CNCCO4)c23)c1. The van der Waals surface area contributed by atoms with Gasteiger partial charge in [0.15, 0.2) is 5.65 Å². The van der Waals surface area contributed by atoms with E-state index in [9.17, 15) is 0 Å². The Morgan fingerprint density at radius 1 is 0.949 bits per heavy atom. The Balaban J connectivity index is 1.31. The molecular formula is C29H32BrN7O2. The number of aromatic nitrogens is 4. The molecule has 1 aromatic carbocycles. The summed E-state index contributed by atoms with van der Waals surface area (Å²) in [4.78, 5) is 18.8. The fourth-order valence-electron chi connectivity index (χ4n) is 5.07. The van der Waals surface area contributed by atoms with Crippen LogP contribution < -0.4 is 16.0 Å². The average Bonchev–Trinajstić information content (AvgIpc) is 3.00. The summed E-state index contributed by atoms with van der Waals surface area (Å²) in [6, 6.07) is 14.5. The molecule has 0 saturated carbocycles. The smallest absolute Gasteiger partial charge is 0.165 e. The lowest BCUT2D eigenvalue weighted by Gasteiger charge is -2.23. The minimum absolute atomic E-state index is 0.0306. The number of hydrogen-bond acceptors (Lipinski definition) is 9. The van der Waals surface area contributed by atoms with Crippen LogP contribution >= 0.6 is 15.9 Å². The number of nitrogens with one attached hydrogen (secondary N) is 3. The Morgan fingerprint density at radius 2 is 1.85 bits per heavy atom. The van der Waals surface area contributed by atoms with Crippen LogP contribution in [0.4, 0.5) is 5.82 Å². The normalized spacial score (nSPS) is 19.7. The minimum atomic E-state index is -0.0306. The minimum Gasteiger partial charge on any atom is -0.376 e. The van der Waals surface area contributed by atoms with Gasteiger partial charge in [-0.05, 0) is 54.3 Å². The third-order valence-electron chi connectivity index (χ3n) is 7.08. The topological polar surface area (TPSA) is 106 Å². The molecule has 10 heteroatoms. The van der Waals surface area contributed by atoms with E-state index >= 15 is 0 Å². The van der Waals surface area contributed by atoms with E-state index in [1.807, 2.05) is 24.4 Å². The second-order valence-corrected chi connectivity index (χ2v) is 10.7. The van der Waals surface area contributed by atoms with Crippen LogP contribution in [0.25, 0.3) is 33.4 Å². The summed E-state index contributed by atoms with van der Waals surface area (Å²) in [5, 5.41) is 11.2. The first-order valence-corrected chi connectivity index (χ1v) is 14.3. The van der Waals surface area contributed by atoms with E-state index in [4.69, 9.17) is 19.4 Å². The van der Waals surface area contributed by atoms with Gasteiger partial charge < -0.3 is 25.4 Å². The Labute approximate surface area is 236 Å². The number of morpholine rings is 2. The van der Waals surface area contributed by atoms with Crippen molar-refractivity contribution in [2.45, 2.75) is 25.0 Å². The van der Waals surface area contributed by atoms with Crippen LogP contribution in [0, 0.1) is 0 Å². The van der Waals surface area contributed by atoms with Gasteiger partial charge in [0, 0.05) is 49.0 Å². The zero-order valence-electron chi connectivity index (χ0n) is 21.7. The molecule has 4 aromatic rings. The highest BCUT2D eigenvalue weighted by Gasteiger charge is 2.19. The summed E-state index contributed by atoms with van der Waals surface area (Å²) in [7, 11) is 0. The molecule has 39 heavy (non-hydrogen) atoms. The lowest BCUT2D eigenvalue weighted by atomic mass is 10.00. The molecular weight excluding hydrogens is 558 g/mol. The van der Waals surface area contributed by atoms with Gasteiger partial charge >= 0.3 is 0 Å². The lowest BCUT2D eigenvalue weighted by Crippen LogP contribution is -2.38. The van der Waals surface area contributed by atoms with Crippen LogP contribution in [-0.2, 0) is 9.47 Å². The fraction of sp³-hybridized carbons (Fsp3) is 0.379. The van der Waals surface area contributed by atoms with Gasteiger partial charge in [0.05, 0.1) is 36.1 Å². The summed E-state index contributed by atoms with van der Waals surface area (Å²) in [6.45, 7) is 5.75. The molecule has 202 valence electrons. The fourth-order valence-corrected chi connectivity index (χ4v) is 5.47. The van der Waals surface area contributed by atoms with Crippen molar-refractivity contribution in [3.8, 4) is 22.4 Å². The van der Waals surface area contributed by atoms with Crippen molar-refractivity contribution in [3.05, 3.63) is 65.2 Å². The Morgan fingerprint density at radius 3 is 2.62 bits per heavy atom. The van der Waals surface area contributed by atoms with Crippen molar-refractivity contribution in [1.29, 1.82) is 0 Å². The molecule has 0 radical (unpaired) electrons. The van der Waals surface area contributed by atoms with Crippen molar-refractivity contribution in [3.63, 3.8) is 0 Å². The predicted octanol–water partition coefficient (Wildman–Crippen LogP) is 4.36. The quantitative estimate of drug-likeness (QED) is 0.258. The molecule has 2 unspecified atom stereocenters. The molecule has 2 aliphatic rings. The number of ether oxygens (including phenoxy) is 2. The third kappa shape index (κ3) is 6.26. The zero-order valence-corrected chi connectivity index (χ0v) is 23.3. The number of fused-ring (bicyclic) bond motifs is 1. The van der Waals surface area contributed by atoms with Crippen LogP contribution in [0.5, 0.6) is 0 Å². The first-order valence-electron chi connectivity index (χ1n) is 13.5. The molecule has 2 atom stereocenters. The molecule has 0 bridgehead atoms. The number of rotatable bonds is 8. The molecule has 3 N–H and O–H groups in total. The lowest BCUT2D eigenvalue weighted by molar-refractivity contribution is 0.0230. The summed E-state index contributed by atoms with van der Waals surface area (Å²) in [6.07, 6.45) is 5.66. The molecule has 0 amide bonds. The van der Waals surface area contributed by atoms with E-state index in [2.05, 4.69) is 66.1 Å². The Hall–Kier alpha value is -3.02. The van der Waals surface area contributed by atoms with E-state index in [0.29, 0.717) is 12.3 Å². The van der Waals surface area contributed by atoms with Gasteiger partial charge in [-0.15, -0.1) is 0 Å². The summed E-state index contributed by atoms with van der Waals surface area (Å²) < 4.78 is 12.7. The van der Waals surface area contributed by atoms with Crippen molar-refractivity contribution < 1.29 is 9.47 Å². The maximum Gasteiger partial charge on any atom is 0.165 e. The van der Waals surface area contributed by atoms with E-state index in [0.717, 1.165) is 95.9 Å². The largest absolute Gasteiger partial charge is 0.376 e. The Kier molecular flexibility index (Phi) is 8.36. The number of pyridine rings is 2. The Bertz CT molecular complexity index is 1410. The van der Waals surface area contributed by atoms with Crippen LogP contribution in [-0.4, -0.2) is 72.0 Å². The summed E-state index contributed by atoms with van der Waals surface area (Å²) in [5.41, 5.74) is 5.37. The maximum atomic E-state index is 5.86. The second kappa shape index (κ2) is 12.4. The molecule has 0 spiro atoms. The zero-order chi connectivity index (χ0) is 26.4. The predicted molar refractivity (Wildman–Crippen MR) is 156 cm³/mol. The molecule has 2 aliphatic heterocycles. The van der Waals surface area contributed by atoms with E-state index in [1.165, 1.54) is 0 Å². The number of anilines is 1. The highest BCUT2D eigenvalue weighted by molar-refractivity contribution is 9.10. The number of benzene rings is 1. The molecule has 2 fully saturated rings. The van der Waals surface area contributed by atoms with Crippen LogP contribution in [0.2, 0.25) is 0 Å². The third-order valence-corrected chi connectivity index (χ3v) is 7.57. The van der Waals surface area contributed by atoms with Crippen LogP contribution in [0.15, 0.2) is 59.5 Å². The molecule has 0 aliphatic carbocycles. The second-order valence-electron chi connectivity index (χ2n) is 9.79. The van der Waals surface area contributed by atoms with Crippen molar-refractivity contribution in [2.75, 3.05) is 51.3 Å². The highest BCUT2D eigenvalue weighted by Crippen LogP contribution is 2.35. The number of hydrogen-bond donors (Lipinski definition) is 3. The highest BCUT2D eigenvalue weighted by atomic mass is 79.9. The van der Waals surface area contributed by atoms with Gasteiger partial charge in [-0.3, -0.25) is 4.98 Å². The average molecular weight is 591 g/mol. The van der Waals surface area contributed by atoms with E-state index < -0.39 is 0 Å². The van der Waals surface area contributed by atoms with Crippen LogP contribution in [0.3, 0.4) is 0 Å². The van der Waals surface area contributed by atoms with Gasteiger partial charge in [0.2, 0.25) is 0 Å². The molecule has 9 nitrogen and oxygen atoms in total. The monoisotopic (exact) mass is 589 g/mol. The van der Waals surface area contributed by atoms with Gasteiger partial charge in [-0.25, -0.2) is 15.0 Å². The maximum absolute atomic E-state index is 5.86. The number of nitrogens with zero attached hydrogens (tertiary/aromatic N) is 4. The molecule has 3 aromatic heterocycles. The van der Waals surface area contributed by atoms with E-state index in [1.54, 1.807) is 6.33 Å². The summed E-state index contributed by atoms with van der Waals surface area (Å²) >= 11 is 3.63. The first kappa shape index (κ1) is 26.2. The standard InChI is InChI=1S/C29H32BrN7O2/c30-21-4-1-3-19(13-21)23-14-25(20-6-7-24(34-15-20)26-17-32-10-12-39-26)37-29-27(23)28(35-18-36-29)33-8-2-5-22-16-31-9-11-38-22/h1,3-4,6-7,13-15,18,22,26,31-32H,2,5,8-12,16-17H2,(H,33,35,36,37). The van der Waals surface area contributed by atoms with Crippen LogP contribution in [0.1, 0.15) is 24.6 Å². The molecule has 2 saturated heterocycles.